The van der Waals surface area contributed by atoms with Crippen LogP contribution in [0.15, 0.2) is 83.5 Å². The second-order valence-corrected chi connectivity index (χ2v) is 9.06. The molecule has 0 aromatic heterocycles. The molecule has 5 rings (SSSR count). The van der Waals surface area contributed by atoms with Crippen LogP contribution in [0.1, 0.15) is 40.7 Å². The molecular formula is C24H23NS. The average Bonchev–Trinajstić information content (AvgIpc) is 3.07. The van der Waals surface area contributed by atoms with E-state index in [0.717, 1.165) is 6.42 Å². The summed E-state index contributed by atoms with van der Waals surface area (Å²) >= 11 is 2.17. The first-order valence-electron chi connectivity index (χ1n) is 9.45. The number of benzene rings is 2. The standard InChI is InChI=1S/C24H23NS/c1-17-10-12-19(13-11-17)21-15-24-14-6-5-9-22(24)25-16-20(23(24)26-21)18-7-3-2-4-8-18/h2-13,16,20-21,23H,14-15H2,1H3. The van der Waals surface area contributed by atoms with Crippen LogP contribution in [0.3, 0.4) is 0 Å². The van der Waals surface area contributed by atoms with Gasteiger partial charge in [-0.05, 0) is 37.0 Å². The molecule has 0 bridgehead atoms. The quantitative estimate of drug-likeness (QED) is 0.619. The number of aryl methyl sites for hydroxylation is 1. The van der Waals surface area contributed by atoms with Gasteiger partial charge in [0.05, 0.1) is 0 Å². The van der Waals surface area contributed by atoms with Crippen LogP contribution in [0.25, 0.3) is 0 Å². The number of thioether (sulfide) groups is 1. The Morgan fingerprint density at radius 1 is 1.00 bits per heavy atom. The minimum atomic E-state index is 0.171. The fourth-order valence-corrected chi connectivity index (χ4v) is 6.74. The molecule has 1 spiro atoms. The Kier molecular flexibility index (Phi) is 3.90. The lowest BCUT2D eigenvalue weighted by molar-refractivity contribution is 0.314. The van der Waals surface area contributed by atoms with Crippen molar-refractivity contribution >= 4 is 18.0 Å². The van der Waals surface area contributed by atoms with Gasteiger partial charge in [0.2, 0.25) is 0 Å². The lowest BCUT2D eigenvalue weighted by atomic mass is 9.66. The van der Waals surface area contributed by atoms with E-state index >= 15 is 0 Å². The minimum absolute atomic E-state index is 0.171. The molecule has 1 saturated heterocycles. The van der Waals surface area contributed by atoms with Crippen LogP contribution in [0.5, 0.6) is 0 Å². The summed E-state index contributed by atoms with van der Waals surface area (Å²) < 4.78 is 0. The molecule has 1 aliphatic carbocycles. The zero-order valence-corrected chi connectivity index (χ0v) is 15.8. The molecule has 2 heterocycles. The number of nitrogens with zero attached hydrogens (tertiary/aromatic N) is 1. The molecule has 4 unspecified atom stereocenters. The van der Waals surface area contributed by atoms with Crippen LogP contribution < -0.4 is 0 Å². The summed E-state index contributed by atoms with van der Waals surface area (Å²) in [6.45, 7) is 2.16. The fraction of sp³-hybridized carbons (Fsp3) is 0.292. The maximum atomic E-state index is 4.96. The van der Waals surface area contributed by atoms with Crippen molar-refractivity contribution in [1.82, 2.24) is 0 Å². The molecule has 0 saturated carbocycles. The highest BCUT2D eigenvalue weighted by Gasteiger charge is 2.54. The van der Waals surface area contributed by atoms with E-state index in [2.05, 4.69) is 97.7 Å². The largest absolute Gasteiger partial charge is 0.264 e. The third kappa shape index (κ3) is 2.51. The van der Waals surface area contributed by atoms with Crippen LogP contribution >= 0.6 is 11.8 Å². The molecule has 3 aliphatic rings. The molecule has 130 valence electrons. The topological polar surface area (TPSA) is 12.4 Å². The number of allylic oxidation sites excluding steroid dienone is 4. The number of hydrogen-bond donors (Lipinski definition) is 0. The van der Waals surface area contributed by atoms with E-state index in [1.807, 2.05) is 0 Å². The van der Waals surface area contributed by atoms with Gasteiger partial charge in [0, 0.05) is 33.7 Å². The van der Waals surface area contributed by atoms with Gasteiger partial charge in [0.1, 0.15) is 0 Å². The third-order valence-electron chi connectivity index (χ3n) is 6.12. The molecule has 2 heteroatoms. The van der Waals surface area contributed by atoms with Gasteiger partial charge < -0.3 is 0 Å². The van der Waals surface area contributed by atoms with Gasteiger partial charge in [-0.1, -0.05) is 72.3 Å². The summed E-state index contributed by atoms with van der Waals surface area (Å²) in [6.07, 6.45) is 11.3. The molecular weight excluding hydrogens is 334 g/mol. The van der Waals surface area contributed by atoms with Crippen molar-refractivity contribution in [1.29, 1.82) is 0 Å². The first-order chi connectivity index (χ1) is 12.8. The average molecular weight is 358 g/mol. The lowest BCUT2D eigenvalue weighted by Crippen LogP contribution is -2.39. The van der Waals surface area contributed by atoms with Gasteiger partial charge in [-0.2, -0.15) is 0 Å². The van der Waals surface area contributed by atoms with E-state index in [0.29, 0.717) is 16.4 Å². The number of aliphatic imine (C=N–C) groups is 1. The second kappa shape index (κ2) is 6.28. The van der Waals surface area contributed by atoms with E-state index in [4.69, 9.17) is 4.99 Å². The molecule has 1 nitrogen and oxygen atoms in total. The van der Waals surface area contributed by atoms with Crippen LogP contribution in [0.4, 0.5) is 0 Å². The normalized spacial score (nSPS) is 32.0. The molecule has 2 aliphatic heterocycles. The maximum Gasteiger partial charge on any atom is 0.0476 e. The van der Waals surface area contributed by atoms with Crippen LogP contribution in [-0.2, 0) is 0 Å². The van der Waals surface area contributed by atoms with E-state index in [-0.39, 0.29) is 5.41 Å². The Morgan fingerprint density at radius 2 is 1.81 bits per heavy atom. The molecule has 2 aromatic rings. The first kappa shape index (κ1) is 16.1. The second-order valence-electron chi connectivity index (χ2n) is 7.72. The Hall–Kier alpha value is -2.06. The van der Waals surface area contributed by atoms with E-state index in [1.54, 1.807) is 0 Å². The zero-order chi connectivity index (χ0) is 17.6. The van der Waals surface area contributed by atoms with Gasteiger partial charge in [-0.25, -0.2) is 0 Å². The molecule has 0 N–H and O–H groups in total. The Morgan fingerprint density at radius 3 is 2.62 bits per heavy atom. The number of hydrogen-bond acceptors (Lipinski definition) is 2. The highest BCUT2D eigenvalue weighted by atomic mass is 32.2. The summed E-state index contributed by atoms with van der Waals surface area (Å²) in [5, 5.41) is 1.09. The first-order valence-corrected chi connectivity index (χ1v) is 10.4. The minimum Gasteiger partial charge on any atom is -0.264 e. The maximum absolute atomic E-state index is 4.96. The van der Waals surface area contributed by atoms with E-state index in [9.17, 15) is 0 Å². The lowest BCUT2D eigenvalue weighted by Gasteiger charge is -2.42. The van der Waals surface area contributed by atoms with Crippen molar-refractivity contribution in [3.8, 4) is 0 Å². The smallest absolute Gasteiger partial charge is 0.0476 e. The molecule has 26 heavy (non-hydrogen) atoms. The molecule has 0 radical (unpaired) electrons. The van der Waals surface area contributed by atoms with Crippen molar-refractivity contribution in [2.45, 2.75) is 36.2 Å². The van der Waals surface area contributed by atoms with Crippen molar-refractivity contribution in [3.05, 3.63) is 95.2 Å². The predicted octanol–water partition coefficient (Wildman–Crippen LogP) is 6.24. The van der Waals surface area contributed by atoms with Crippen molar-refractivity contribution in [3.63, 3.8) is 0 Å². The summed E-state index contributed by atoms with van der Waals surface area (Å²) in [4.78, 5) is 4.96. The van der Waals surface area contributed by atoms with Crippen LogP contribution in [-0.4, -0.2) is 11.5 Å². The van der Waals surface area contributed by atoms with Crippen molar-refractivity contribution in [2.75, 3.05) is 0 Å². The summed E-state index contributed by atoms with van der Waals surface area (Å²) in [5.74, 6) is 0.389. The van der Waals surface area contributed by atoms with Crippen molar-refractivity contribution < 1.29 is 0 Å². The zero-order valence-electron chi connectivity index (χ0n) is 15.0. The fourth-order valence-electron chi connectivity index (χ4n) is 4.71. The van der Waals surface area contributed by atoms with E-state index in [1.165, 1.54) is 28.8 Å². The molecule has 4 atom stereocenters. The number of rotatable bonds is 2. The van der Waals surface area contributed by atoms with Gasteiger partial charge in [0.25, 0.3) is 0 Å². The highest BCUT2D eigenvalue weighted by Crippen LogP contribution is 2.65. The summed E-state index contributed by atoms with van der Waals surface area (Å²) in [5.41, 5.74) is 5.65. The van der Waals surface area contributed by atoms with Gasteiger partial charge in [-0.15, -0.1) is 11.8 Å². The Balaban J connectivity index is 1.57. The SMILES string of the molecule is Cc1ccc(C2CC34CC=CC=C3N=CC(c3ccccc3)C4S2)cc1. The Bertz CT molecular complexity index is 894. The molecule has 1 fully saturated rings. The van der Waals surface area contributed by atoms with Crippen molar-refractivity contribution in [2.24, 2.45) is 10.4 Å². The van der Waals surface area contributed by atoms with Gasteiger partial charge in [-0.3, -0.25) is 4.99 Å². The highest BCUT2D eigenvalue weighted by molar-refractivity contribution is 8.00. The third-order valence-corrected chi connectivity index (χ3v) is 7.93. The summed E-state index contributed by atoms with van der Waals surface area (Å²) in [7, 11) is 0. The predicted molar refractivity (Wildman–Crippen MR) is 112 cm³/mol. The Labute approximate surface area is 159 Å². The van der Waals surface area contributed by atoms with Gasteiger partial charge >= 0.3 is 0 Å². The molecule has 0 amide bonds. The molecule has 2 aromatic carbocycles. The summed E-state index contributed by atoms with van der Waals surface area (Å²) in [6, 6.07) is 20.1. The van der Waals surface area contributed by atoms with Crippen LogP contribution in [0, 0.1) is 12.3 Å². The van der Waals surface area contributed by atoms with Crippen LogP contribution in [0.2, 0.25) is 0 Å². The van der Waals surface area contributed by atoms with Gasteiger partial charge in [0.15, 0.2) is 0 Å². The van der Waals surface area contributed by atoms with E-state index < -0.39 is 0 Å². The monoisotopic (exact) mass is 357 g/mol.